The van der Waals surface area contributed by atoms with Gasteiger partial charge in [0.1, 0.15) is 11.1 Å². The minimum absolute atomic E-state index is 0.0472. The first-order valence-corrected chi connectivity index (χ1v) is 8.98. The number of nitrogens with two attached hydrogens (primary N) is 1. The normalized spacial score (nSPS) is 21.2. The van der Waals surface area contributed by atoms with Gasteiger partial charge in [0.05, 0.1) is 22.2 Å². The Hall–Kier alpha value is -0.840. The molecule has 1 unspecified atom stereocenters. The maximum absolute atomic E-state index is 12.4. The van der Waals surface area contributed by atoms with E-state index in [4.69, 9.17) is 17.3 Å². The van der Waals surface area contributed by atoms with Gasteiger partial charge in [-0.1, -0.05) is 11.6 Å². The van der Waals surface area contributed by atoms with Gasteiger partial charge in [-0.3, -0.25) is 0 Å². The van der Waals surface area contributed by atoms with Crippen LogP contribution in [0.2, 0.25) is 5.02 Å². The molecule has 124 valence electrons. The van der Waals surface area contributed by atoms with Crippen LogP contribution in [-0.4, -0.2) is 43.6 Å². The number of nitrogen functional groups attached to an aromatic ring is 1. The molecule has 1 heterocycles. The Kier molecular flexibility index (Phi) is 4.77. The zero-order chi connectivity index (χ0) is 16.7. The van der Waals surface area contributed by atoms with Gasteiger partial charge in [0.15, 0.2) is 0 Å². The molecule has 0 saturated heterocycles. The third kappa shape index (κ3) is 3.55. The van der Waals surface area contributed by atoms with Gasteiger partial charge in [-0.05, 0) is 12.1 Å². The van der Waals surface area contributed by atoms with Crippen LogP contribution in [0.3, 0.4) is 0 Å². The maximum atomic E-state index is 12.4. The summed E-state index contributed by atoms with van der Waals surface area (Å²) in [4.78, 5) is -0.0472. The summed E-state index contributed by atoms with van der Waals surface area (Å²) in [5.74, 6) is -1.11. The van der Waals surface area contributed by atoms with Crippen molar-refractivity contribution in [3.8, 4) is 0 Å². The van der Waals surface area contributed by atoms with Crippen LogP contribution < -0.4 is 11.1 Å². The topological polar surface area (TPSA) is 75.4 Å². The number of fused-ring (bicyclic) bond motifs is 1. The van der Waals surface area contributed by atoms with Crippen molar-refractivity contribution < 1.29 is 21.6 Å². The number of rotatable bonds is 3. The fourth-order valence-corrected chi connectivity index (χ4v) is 4.50. The van der Waals surface area contributed by atoms with E-state index in [1.54, 1.807) is 0 Å². The van der Waals surface area contributed by atoms with Gasteiger partial charge in [-0.2, -0.15) is 17.5 Å². The lowest BCUT2D eigenvalue weighted by atomic mass is 10.2. The molecule has 1 aromatic rings. The van der Waals surface area contributed by atoms with E-state index in [1.165, 1.54) is 19.2 Å². The number of alkyl halides is 3. The highest BCUT2D eigenvalue weighted by atomic mass is 35.5. The minimum atomic E-state index is -4.30. The predicted molar refractivity (Wildman–Crippen MR) is 81.6 cm³/mol. The van der Waals surface area contributed by atoms with Crippen molar-refractivity contribution in [2.24, 2.45) is 0 Å². The summed E-state index contributed by atoms with van der Waals surface area (Å²) in [7, 11) is -2.54. The molecule has 0 radical (unpaired) electrons. The second-order valence-electron chi connectivity index (χ2n) is 4.68. The van der Waals surface area contributed by atoms with E-state index >= 15 is 0 Å². The number of hydrogen-bond acceptors (Lipinski definition) is 5. The summed E-state index contributed by atoms with van der Waals surface area (Å²) >= 11 is 6.46. The van der Waals surface area contributed by atoms with Crippen molar-refractivity contribution in [1.29, 1.82) is 0 Å². The number of benzene rings is 1. The second kappa shape index (κ2) is 5.99. The number of hydrogen-bond donors (Lipinski definition) is 2. The Bertz CT molecular complexity index is 682. The highest BCUT2D eigenvalue weighted by molar-refractivity contribution is 7.99. The van der Waals surface area contributed by atoms with Gasteiger partial charge in [0, 0.05) is 12.8 Å². The Balaban J connectivity index is 2.25. The SMILES string of the molecule is CN1C(CSCC(F)(F)F)Nc2cc(Cl)c(N)cc2S1(=O)=O. The molecule has 0 saturated carbocycles. The molecule has 0 amide bonds. The third-order valence-electron chi connectivity index (χ3n) is 3.06. The van der Waals surface area contributed by atoms with Crippen LogP contribution in [-0.2, 0) is 10.0 Å². The molecule has 0 aliphatic carbocycles. The molecule has 22 heavy (non-hydrogen) atoms. The molecular weight excluding hydrogens is 363 g/mol. The summed E-state index contributed by atoms with van der Waals surface area (Å²) in [6.07, 6.45) is -5.10. The lowest BCUT2D eigenvalue weighted by Gasteiger charge is -2.35. The number of thioether (sulfide) groups is 1. The molecule has 1 aromatic carbocycles. The van der Waals surface area contributed by atoms with Crippen LogP contribution in [0.5, 0.6) is 0 Å². The van der Waals surface area contributed by atoms with E-state index in [-0.39, 0.29) is 27.0 Å². The fraction of sp³-hybridized carbons (Fsp3) is 0.455. The van der Waals surface area contributed by atoms with Crippen LogP contribution >= 0.6 is 23.4 Å². The highest BCUT2D eigenvalue weighted by Crippen LogP contribution is 2.37. The van der Waals surface area contributed by atoms with Gasteiger partial charge >= 0.3 is 6.18 Å². The summed E-state index contributed by atoms with van der Waals surface area (Å²) in [5.41, 5.74) is 5.95. The quantitative estimate of drug-likeness (QED) is 0.794. The first-order chi connectivity index (χ1) is 10.0. The lowest BCUT2D eigenvalue weighted by Crippen LogP contribution is -2.47. The summed E-state index contributed by atoms with van der Waals surface area (Å²) in [5, 5.41) is 3.05. The molecule has 11 heteroatoms. The highest BCUT2D eigenvalue weighted by Gasteiger charge is 2.37. The molecule has 1 aliphatic rings. The Labute approximate surface area is 135 Å². The van der Waals surface area contributed by atoms with E-state index < -0.39 is 28.1 Å². The van der Waals surface area contributed by atoms with Gasteiger partial charge in [0.25, 0.3) is 0 Å². The molecule has 0 fully saturated rings. The first-order valence-electron chi connectivity index (χ1n) is 6.00. The van der Waals surface area contributed by atoms with Gasteiger partial charge in [-0.15, -0.1) is 11.8 Å². The maximum Gasteiger partial charge on any atom is 0.397 e. The van der Waals surface area contributed by atoms with E-state index in [0.29, 0.717) is 11.8 Å². The molecule has 0 aromatic heterocycles. The van der Waals surface area contributed by atoms with Crippen molar-refractivity contribution in [1.82, 2.24) is 4.31 Å². The van der Waals surface area contributed by atoms with E-state index in [9.17, 15) is 21.6 Å². The third-order valence-corrected chi connectivity index (χ3v) is 6.37. The van der Waals surface area contributed by atoms with Crippen LogP contribution in [0.1, 0.15) is 0 Å². The number of nitrogens with one attached hydrogen (secondary N) is 1. The average molecular weight is 376 g/mol. The van der Waals surface area contributed by atoms with E-state index in [0.717, 1.165) is 4.31 Å². The summed E-state index contributed by atoms with van der Waals surface area (Å²) < 4.78 is 62.4. The van der Waals surface area contributed by atoms with Crippen LogP contribution in [0.25, 0.3) is 0 Å². The Morgan fingerprint density at radius 2 is 2.09 bits per heavy atom. The van der Waals surface area contributed by atoms with Crippen molar-refractivity contribution in [2.45, 2.75) is 17.2 Å². The second-order valence-corrected chi connectivity index (χ2v) is 8.08. The molecule has 0 bridgehead atoms. The van der Waals surface area contributed by atoms with Crippen LogP contribution in [0, 0.1) is 0 Å². The molecular formula is C11H13ClF3N3O2S2. The molecule has 0 spiro atoms. The summed E-state index contributed by atoms with van der Waals surface area (Å²) in [6, 6.07) is 2.59. The summed E-state index contributed by atoms with van der Waals surface area (Å²) in [6.45, 7) is 0. The van der Waals surface area contributed by atoms with E-state index in [1.807, 2.05) is 0 Å². The molecule has 3 N–H and O–H groups in total. The lowest BCUT2D eigenvalue weighted by molar-refractivity contribution is -0.105. The predicted octanol–water partition coefficient (Wildman–Crippen LogP) is 2.59. The number of nitrogens with zero attached hydrogens (tertiary/aromatic N) is 1. The standard InChI is InChI=1S/C11H13ClF3N3O2S2/c1-18-10(4-21-5-11(13,14)15)17-8-2-6(12)7(16)3-9(8)22(18,19)20/h2-3,10,17H,4-5,16H2,1H3. The fourth-order valence-electron chi connectivity index (χ4n) is 1.92. The average Bonchev–Trinajstić information content (AvgIpc) is 2.37. The monoisotopic (exact) mass is 375 g/mol. The minimum Gasteiger partial charge on any atom is -0.397 e. The smallest absolute Gasteiger partial charge is 0.397 e. The number of sulfonamides is 1. The number of anilines is 2. The number of halogens is 4. The van der Waals surface area contributed by atoms with Crippen molar-refractivity contribution >= 4 is 44.8 Å². The van der Waals surface area contributed by atoms with Crippen LogP contribution in [0.15, 0.2) is 17.0 Å². The van der Waals surface area contributed by atoms with Crippen molar-refractivity contribution in [2.75, 3.05) is 29.6 Å². The first kappa shape index (κ1) is 17.5. The molecule has 5 nitrogen and oxygen atoms in total. The van der Waals surface area contributed by atoms with Crippen molar-refractivity contribution in [3.63, 3.8) is 0 Å². The van der Waals surface area contributed by atoms with Crippen LogP contribution in [0.4, 0.5) is 24.5 Å². The van der Waals surface area contributed by atoms with Gasteiger partial charge in [-0.25, -0.2) is 8.42 Å². The zero-order valence-electron chi connectivity index (χ0n) is 11.3. The molecule has 2 rings (SSSR count). The molecule has 1 atom stereocenters. The van der Waals surface area contributed by atoms with E-state index in [2.05, 4.69) is 5.32 Å². The molecule has 1 aliphatic heterocycles. The van der Waals surface area contributed by atoms with Crippen molar-refractivity contribution in [3.05, 3.63) is 17.2 Å². The largest absolute Gasteiger partial charge is 0.397 e. The zero-order valence-corrected chi connectivity index (χ0v) is 13.7. The van der Waals surface area contributed by atoms with Gasteiger partial charge < -0.3 is 11.1 Å². The van der Waals surface area contributed by atoms with Gasteiger partial charge in [0.2, 0.25) is 10.0 Å². The Morgan fingerprint density at radius 1 is 1.45 bits per heavy atom. The Morgan fingerprint density at radius 3 is 2.68 bits per heavy atom.